The number of H-pyrrole nitrogens is 2. The first kappa shape index (κ1) is 22.3. The fourth-order valence-electron chi connectivity index (χ4n) is 5.19. The van der Waals surface area contributed by atoms with Gasteiger partial charge in [-0.1, -0.05) is 19.3 Å². The largest absolute Gasteiger partial charge is 0.472 e. The van der Waals surface area contributed by atoms with Crippen molar-refractivity contribution in [1.29, 1.82) is 0 Å². The molecule has 38 heavy (non-hydrogen) atoms. The van der Waals surface area contributed by atoms with Gasteiger partial charge in [0.15, 0.2) is 11.5 Å². The van der Waals surface area contributed by atoms with Crippen LogP contribution in [0.2, 0.25) is 0 Å². The first-order valence-electron chi connectivity index (χ1n) is 12.7. The van der Waals surface area contributed by atoms with E-state index < -0.39 is 0 Å². The van der Waals surface area contributed by atoms with E-state index in [1.54, 1.807) is 37.3 Å². The zero-order chi connectivity index (χ0) is 25.5. The standard InChI is InChI=1S/C28H24N8O2/c37-28(16-4-2-1-3-5-16)32-19-10-18(12-29-13-19)22-11-21-23(14-31-22)35-36-25(21)27-33-24-20(17-7-9-38-15-17)6-8-30-26(24)34-27/h6-16H,1-5H2,(H,32,37)(H,35,36)(H,30,33,34). The number of aromatic amines is 2. The van der Waals surface area contributed by atoms with Crippen LogP contribution in [0.25, 0.3) is 56.0 Å². The highest BCUT2D eigenvalue weighted by atomic mass is 16.3. The number of carbonyl (C=O) groups is 1. The average molecular weight is 505 g/mol. The number of rotatable bonds is 5. The van der Waals surface area contributed by atoms with Crippen molar-refractivity contribution in [3.05, 3.63) is 61.6 Å². The fraction of sp³-hybridized carbons (Fsp3) is 0.214. The summed E-state index contributed by atoms with van der Waals surface area (Å²) < 4.78 is 5.26. The number of hydrogen-bond donors (Lipinski definition) is 3. The average Bonchev–Trinajstić information content (AvgIpc) is 3.73. The van der Waals surface area contributed by atoms with Crippen LogP contribution in [-0.4, -0.2) is 41.0 Å². The van der Waals surface area contributed by atoms with Gasteiger partial charge in [0.1, 0.15) is 5.69 Å². The molecule has 3 N–H and O–H groups in total. The summed E-state index contributed by atoms with van der Waals surface area (Å²) in [6.07, 6.45) is 15.5. The van der Waals surface area contributed by atoms with E-state index in [2.05, 4.69) is 35.5 Å². The zero-order valence-corrected chi connectivity index (χ0v) is 20.4. The van der Waals surface area contributed by atoms with Crippen molar-refractivity contribution in [2.75, 3.05) is 5.32 Å². The van der Waals surface area contributed by atoms with Crippen molar-refractivity contribution in [1.82, 2.24) is 35.1 Å². The Morgan fingerprint density at radius 1 is 1.03 bits per heavy atom. The van der Waals surface area contributed by atoms with Gasteiger partial charge in [-0.05, 0) is 37.1 Å². The third kappa shape index (κ3) is 4.00. The van der Waals surface area contributed by atoms with Gasteiger partial charge in [0.2, 0.25) is 5.91 Å². The van der Waals surface area contributed by atoms with Gasteiger partial charge in [-0.2, -0.15) is 5.10 Å². The molecule has 6 heterocycles. The monoisotopic (exact) mass is 504 g/mol. The summed E-state index contributed by atoms with van der Waals surface area (Å²) in [6.45, 7) is 0. The SMILES string of the molecule is O=C(Nc1cncc(-c2cc3c(-c4nc5nccc(-c6ccoc6)c5[nH]4)n[nH]c3cn2)c1)C1CCCCC1. The third-order valence-electron chi connectivity index (χ3n) is 7.17. The second kappa shape index (κ2) is 9.22. The Bertz CT molecular complexity index is 1760. The summed E-state index contributed by atoms with van der Waals surface area (Å²) in [5, 5.41) is 11.5. The van der Waals surface area contributed by atoms with Gasteiger partial charge >= 0.3 is 0 Å². The van der Waals surface area contributed by atoms with E-state index in [1.165, 1.54) is 6.42 Å². The highest BCUT2D eigenvalue weighted by Crippen LogP contribution is 2.32. The highest BCUT2D eigenvalue weighted by Gasteiger charge is 2.21. The van der Waals surface area contributed by atoms with Crippen LogP contribution in [-0.2, 0) is 4.79 Å². The lowest BCUT2D eigenvalue weighted by Crippen LogP contribution is -2.24. The Balaban J connectivity index is 1.23. The second-order valence-electron chi connectivity index (χ2n) is 9.63. The van der Waals surface area contributed by atoms with Crippen LogP contribution < -0.4 is 5.32 Å². The molecule has 1 amide bonds. The molecule has 188 valence electrons. The molecule has 0 saturated heterocycles. The third-order valence-corrected chi connectivity index (χ3v) is 7.17. The number of pyridine rings is 3. The van der Waals surface area contributed by atoms with Crippen molar-refractivity contribution in [3.63, 3.8) is 0 Å². The smallest absolute Gasteiger partial charge is 0.227 e. The topological polar surface area (TPSA) is 138 Å². The predicted octanol–water partition coefficient (Wildman–Crippen LogP) is 5.74. The number of amides is 1. The lowest BCUT2D eigenvalue weighted by atomic mass is 9.88. The number of furan rings is 1. The Kier molecular flexibility index (Phi) is 5.42. The molecule has 0 aliphatic heterocycles. The second-order valence-corrected chi connectivity index (χ2v) is 9.63. The molecule has 1 aliphatic rings. The van der Waals surface area contributed by atoms with Crippen LogP contribution in [0.4, 0.5) is 5.69 Å². The van der Waals surface area contributed by atoms with Crippen molar-refractivity contribution in [3.8, 4) is 33.9 Å². The molecule has 0 bridgehead atoms. The predicted molar refractivity (Wildman–Crippen MR) is 143 cm³/mol. The van der Waals surface area contributed by atoms with Crippen molar-refractivity contribution in [2.24, 2.45) is 5.92 Å². The van der Waals surface area contributed by atoms with Crippen LogP contribution in [0.15, 0.2) is 66.0 Å². The number of anilines is 1. The van der Waals surface area contributed by atoms with Crippen LogP contribution in [0.3, 0.4) is 0 Å². The molecule has 0 radical (unpaired) electrons. The van der Waals surface area contributed by atoms with Gasteiger partial charge in [0.25, 0.3) is 0 Å². The summed E-state index contributed by atoms with van der Waals surface area (Å²) in [4.78, 5) is 34.2. The molecular weight excluding hydrogens is 480 g/mol. The van der Waals surface area contributed by atoms with Gasteiger partial charge < -0.3 is 14.7 Å². The summed E-state index contributed by atoms with van der Waals surface area (Å²) in [7, 11) is 0. The molecule has 1 saturated carbocycles. The molecule has 7 rings (SSSR count). The number of imidazole rings is 1. The van der Waals surface area contributed by atoms with Gasteiger partial charge in [-0.15, -0.1) is 0 Å². The molecule has 6 aromatic rings. The quantitative estimate of drug-likeness (QED) is 0.272. The van der Waals surface area contributed by atoms with Crippen molar-refractivity contribution in [2.45, 2.75) is 32.1 Å². The van der Waals surface area contributed by atoms with Gasteiger partial charge in [-0.25, -0.2) is 9.97 Å². The molecule has 0 atom stereocenters. The number of hydrogen-bond acceptors (Lipinski definition) is 7. The number of nitrogens with one attached hydrogen (secondary N) is 3. The van der Waals surface area contributed by atoms with E-state index in [1.807, 2.05) is 24.3 Å². The lowest BCUT2D eigenvalue weighted by Gasteiger charge is -2.20. The first-order chi connectivity index (χ1) is 18.7. The minimum atomic E-state index is 0.0671. The molecule has 1 aliphatic carbocycles. The normalized spacial score (nSPS) is 14.3. The Hall–Kier alpha value is -4.86. The molecule has 0 spiro atoms. The van der Waals surface area contributed by atoms with Crippen molar-refractivity contribution >= 4 is 33.7 Å². The van der Waals surface area contributed by atoms with Gasteiger partial charge in [-0.3, -0.25) is 19.9 Å². The van der Waals surface area contributed by atoms with Crippen LogP contribution >= 0.6 is 0 Å². The number of carbonyl (C=O) groups excluding carboxylic acids is 1. The maximum absolute atomic E-state index is 12.7. The van der Waals surface area contributed by atoms with Crippen LogP contribution in [0.1, 0.15) is 32.1 Å². The molecule has 1 fully saturated rings. The zero-order valence-electron chi connectivity index (χ0n) is 20.4. The van der Waals surface area contributed by atoms with E-state index in [9.17, 15) is 4.79 Å². The summed E-state index contributed by atoms with van der Waals surface area (Å²) in [5.41, 5.74) is 6.91. The van der Waals surface area contributed by atoms with E-state index in [-0.39, 0.29) is 11.8 Å². The molecule has 0 unspecified atom stereocenters. The fourth-order valence-corrected chi connectivity index (χ4v) is 5.19. The number of nitrogens with zero attached hydrogens (tertiary/aromatic N) is 5. The summed E-state index contributed by atoms with van der Waals surface area (Å²) in [6, 6.07) is 7.68. The van der Waals surface area contributed by atoms with E-state index in [0.29, 0.717) is 22.9 Å². The van der Waals surface area contributed by atoms with Gasteiger partial charge in [0.05, 0.1) is 47.3 Å². The van der Waals surface area contributed by atoms with Crippen LogP contribution in [0, 0.1) is 5.92 Å². The molecule has 0 aromatic carbocycles. The minimum Gasteiger partial charge on any atom is -0.472 e. The minimum absolute atomic E-state index is 0.0671. The van der Waals surface area contributed by atoms with Gasteiger partial charge in [0, 0.05) is 40.4 Å². The first-order valence-corrected chi connectivity index (χ1v) is 12.7. The van der Waals surface area contributed by atoms with E-state index >= 15 is 0 Å². The molecular formula is C28H24N8O2. The van der Waals surface area contributed by atoms with E-state index in [4.69, 9.17) is 9.40 Å². The molecule has 10 heteroatoms. The van der Waals surface area contributed by atoms with E-state index in [0.717, 1.165) is 64.5 Å². The Morgan fingerprint density at radius 2 is 1.95 bits per heavy atom. The number of aromatic nitrogens is 7. The number of fused-ring (bicyclic) bond motifs is 2. The van der Waals surface area contributed by atoms with Crippen LogP contribution in [0.5, 0.6) is 0 Å². The lowest BCUT2D eigenvalue weighted by molar-refractivity contribution is -0.120. The molecule has 6 aromatic heterocycles. The van der Waals surface area contributed by atoms with Crippen molar-refractivity contribution < 1.29 is 9.21 Å². The Morgan fingerprint density at radius 3 is 2.82 bits per heavy atom. The summed E-state index contributed by atoms with van der Waals surface area (Å²) in [5.74, 6) is 0.735. The Labute approximate surface area is 217 Å². The summed E-state index contributed by atoms with van der Waals surface area (Å²) >= 11 is 0. The highest BCUT2D eigenvalue weighted by molar-refractivity contribution is 5.97. The molecule has 10 nitrogen and oxygen atoms in total. The maximum Gasteiger partial charge on any atom is 0.227 e. The maximum atomic E-state index is 12.7.